The van der Waals surface area contributed by atoms with Gasteiger partial charge in [0.25, 0.3) is 0 Å². The van der Waals surface area contributed by atoms with Gasteiger partial charge in [0.1, 0.15) is 5.75 Å². The molecule has 106 valence electrons. The van der Waals surface area contributed by atoms with E-state index < -0.39 is 0 Å². The van der Waals surface area contributed by atoms with Gasteiger partial charge in [-0.2, -0.15) is 0 Å². The Kier molecular flexibility index (Phi) is 4.64. The lowest BCUT2D eigenvalue weighted by molar-refractivity contribution is 0.414. The molecule has 20 heavy (non-hydrogen) atoms. The van der Waals surface area contributed by atoms with Crippen LogP contribution in [0.1, 0.15) is 24.1 Å². The van der Waals surface area contributed by atoms with Gasteiger partial charge in [0.2, 0.25) is 0 Å². The molecular weight excluding hydrogens is 248 g/mol. The number of benzene rings is 2. The minimum absolute atomic E-state index is 0.0320. The summed E-state index contributed by atoms with van der Waals surface area (Å²) >= 11 is 0. The van der Waals surface area contributed by atoms with E-state index in [1.165, 1.54) is 16.8 Å². The van der Waals surface area contributed by atoms with Gasteiger partial charge in [-0.15, -0.1) is 0 Å². The Hall–Kier alpha value is -2.00. The number of rotatable bonds is 5. The maximum atomic E-state index is 6.04. The number of anilines is 1. The van der Waals surface area contributed by atoms with Crippen molar-refractivity contribution >= 4 is 5.69 Å². The highest BCUT2D eigenvalue weighted by Crippen LogP contribution is 2.25. The number of ether oxygens (including phenoxy) is 1. The van der Waals surface area contributed by atoms with Crippen molar-refractivity contribution in [2.75, 3.05) is 19.1 Å². The second kappa shape index (κ2) is 6.44. The quantitative estimate of drug-likeness (QED) is 0.905. The van der Waals surface area contributed by atoms with Crippen LogP contribution in [0.25, 0.3) is 0 Å². The van der Waals surface area contributed by atoms with E-state index in [0.29, 0.717) is 0 Å². The van der Waals surface area contributed by atoms with Crippen LogP contribution in [0.5, 0.6) is 5.75 Å². The largest absolute Gasteiger partial charge is 0.497 e. The fourth-order valence-corrected chi connectivity index (χ4v) is 2.31. The van der Waals surface area contributed by atoms with E-state index in [2.05, 4.69) is 36.2 Å². The minimum Gasteiger partial charge on any atom is -0.497 e. The average Bonchev–Trinajstić information content (AvgIpc) is 2.48. The van der Waals surface area contributed by atoms with E-state index in [-0.39, 0.29) is 6.04 Å². The van der Waals surface area contributed by atoms with Crippen LogP contribution in [-0.4, -0.2) is 14.2 Å². The molecule has 3 heteroatoms. The molecule has 3 nitrogen and oxygen atoms in total. The first-order chi connectivity index (χ1) is 9.61. The first-order valence-electron chi connectivity index (χ1n) is 6.80. The predicted octanol–water partition coefficient (Wildman–Crippen LogP) is 3.35. The molecule has 0 fully saturated rings. The zero-order chi connectivity index (χ0) is 14.5. The minimum atomic E-state index is 0.0320. The Labute approximate surface area is 121 Å². The summed E-state index contributed by atoms with van der Waals surface area (Å²) in [6, 6.07) is 16.5. The van der Waals surface area contributed by atoms with Gasteiger partial charge in [0, 0.05) is 25.3 Å². The summed E-state index contributed by atoms with van der Waals surface area (Å²) in [6.07, 6.45) is 0. The number of nitrogens with two attached hydrogens (primary N) is 1. The smallest absolute Gasteiger partial charge is 0.118 e. The molecule has 0 aromatic heterocycles. The molecule has 2 aromatic rings. The third kappa shape index (κ3) is 3.31. The van der Waals surface area contributed by atoms with E-state index in [0.717, 1.165) is 12.3 Å². The molecule has 2 rings (SSSR count). The molecule has 0 saturated carbocycles. The van der Waals surface area contributed by atoms with Gasteiger partial charge >= 0.3 is 0 Å². The van der Waals surface area contributed by atoms with Gasteiger partial charge in [-0.25, -0.2) is 0 Å². The maximum Gasteiger partial charge on any atom is 0.118 e. The van der Waals surface area contributed by atoms with Crippen LogP contribution in [0.2, 0.25) is 0 Å². The predicted molar refractivity (Wildman–Crippen MR) is 84.1 cm³/mol. The summed E-state index contributed by atoms with van der Waals surface area (Å²) in [6.45, 7) is 2.85. The van der Waals surface area contributed by atoms with Gasteiger partial charge in [0.15, 0.2) is 0 Å². The zero-order valence-electron chi connectivity index (χ0n) is 12.3. The van der Waals surface area contributed by atoms with E-state index in [9.17, 15) is 0 Å². The summed E-state index contributed by atoms with van der Waals surface area (Å²) < 4.78 is 5.18. The standard InChI is InChI=1S/C17H22N2O/c1-13(18)16-6-4-5-7-17(16)19(2)12-14-8-10-15(20-3)11-9-14/h4-11,13H,12,18H2,1-3H3/t13-/m1/s1. The maximum absolute atomic E-state index is 6.04. The van der Waals surface area contributed by atoms with Gasteiger partial charge in [-0.05, 0) is 36.2 Å². The van der Waals surface area contributed by atoms with Crippen LogP contribution in [0, 0.1) is 0 Å². The Morgan fingerprint density at radius 3 is 2.35 bits per heavy atom. The van der Waals surface area contributed by atoms with Crippen molar-refractivity contribution in [3.8, 4) is 5.75 Å². The Morgan fingerprint density at radius 1 is 1.10 bits per heavy atom. The van der Waals surface area contributed by atoms with E-state index >= 15 is 0 Å². The highest BCUT2D eigenvalue weighted by molar-refractivity contribution is 5.54. The normalized spacial score (nSPS) is 12.0. The van der Waals surface area contributed by atoms with Crippen molar-refractivity contribution < 1.29 is 4.74 Å². The SMILES string of the molecule is COc1ccc(CN(C)c2ccccc2[C@@H](C)N)cc1. The van der Waals surface area contributed by atoms with Crippen molar-refractivity contribution in [3.63, 3.8) is 0 Å². The van der Waals surface area contributed by atoms with Crippen LogP contribution >= 0.6 is 0 Å². The average molecular weight is 270 g/mol. The van der Waals surface area contributed by atoms with E-state index in [4.69, 9.17) is 10.5 Å². The zero-order valence-corrected chi connectivity index (χ0v) is 12.3. The van der Waals surface area contributed by atoms with Gasteiger partial charge < -0.3 is 15.4 Å². The van der Waals surface area contributed by atoms with Crippen LogP contribution < -0.4 is 15.4 Å². The highest BCUT2D eigenvalue weighted by Gasteiger charge is 2.10. The first kappa shape index (κ1) is 14.4. The second-order valence-corrected chi connectivity index (χ2v) is 5.05. The summed E-state index contributed by atoms with van der Waals surface area (Å²) in [5.41, 5.74) is 9.63. The van der Waals surface area contributed by atoms with Crippen LogP contribution in [0.15, 0.2) is 48.5 Å². The summed E-state index contributed by atoms with van der Waals surface area (Å²) in [5, 5.41) is 0. The number of hydrogen-bond donors (Lipinski definition) is 1. The van der Waals surface area contributed by atoms with Crippen LogP contribution in [0.3, 0.4) is 0 Å². The Balaban J connectivity index is 2.17. The van der Waals surface area contributed by atoms with Crippen molar-refractivity contribution in [2.24, 2.45) is 5.73 Å². The number of nitrogens with zero attached hydrogens (tertiary/aromatic N) is 1. The van der Waals surface area contributed by atoms with Crippen molar-refractivity contribution in [3.05, 3.63) is 59.7 Å². The summed E-state index contributed by atoms with van der Waals surface area (Å²) in [4.78, 5) is 2.22. The summed E-state index contributed by atoms with van der Waals surface area (Å²) in [5.74, 6) is 0.882. The monoisotopic (exact) mass is 270 g/mol. The molecule has 0 aliphatic heterocycles. The van der Waals surface area contributed by atoms with Crippen molar-refractivity contribution in [1.82, 2.24) is 0 Å². The van der Waals surface area contributed by atoms with E-state index in [1.54, 1.807) is 7.11 Å². The summed E-state index contributed by atoms with van der Waals surface area (Å²) in [7, 11) is 3.77. The third-order valence-corrected chi connectivity index (χ3v) is 3.42. The molecule has 0 saturated heterocycles. The molecule has 0 aliphatic rings. The number of para-hydroxylation sites is 1. The number of hydrogen-bond acceptors (Lipinski definition) is 3. The van der Waals surface area contributed by atoms with Gasteiger partial charge in [0.05, 0.1) is 7.11 Å². The molecule has 0 radical (unpaired) electrons. The second-order valence-electron chi connectivity index (χ2n) is 5.05. The lowest BCUT2D eigenvalue weighted by Crippen LogP contribution is -2.20. The first-order valence-corrected chi connectivity index (χ1v) is 6.80. The van der Waals surface area contributed by atoms with Crippen LogP contribution in [0.4, 0.5) is 5.69 Å². The lowest BCUT2D eigenvalue weighted by Gasteiger charge is -2.24. The Bertz CT molecular complexity index is 549. The van der Waals surface area contributed by atoms with E-state index in [1.807, 2.05) is 31.2 Å². The topological polar surface area (TPSA) is 38.5 Å². The number of methoxy groups -OCH3 is 1. The fourth-order valence-electron chi connectivity index (χ4n) is 2.31. The molecule has 0 amide bonds. The van der Waals surface area contributed by atoms with Crippen molar-refractivity contribution in [1.29, 1.82) is 0 Å². The molecule has 0 bridgehead atoms. The molecule has 0 spiro atoms. The highest BCUT2D eigenvalue weighted by atomic mass is 16.5. The third-order valence-electron chi connectivity index (χ3n) is 3.42. The molecule has 0 aliphatic carbocycles. The molecule has 0 unspecified atom stereocenters. The van der Waals surface area contributed by atoms with Gasteiger partial charge in [-0.3, -0.25) is 0 Å². The fraction of sp³-hybridized carbons (Fsp3) is 0.294. The molecule has 1 atom stereocenters. The van der Waals surface area contributed by atoms with Crippen LogP contribution in [-0.2, 0) is 6.54 Å². The van der Waals surface area contributed by atoms with Crippen molar-refractivity contribution in [2.45, 2.75) is 19.5 Å². The lowest BCUT2D eigenvalue weighted by atomic mass is 10.1. The molecule has 0 heterocycles. The Morgan fingerprint density at radius 2 is 1.75 bits per heavy atom. The van der Waals surface area contributed by atoms with Gasteiger partial charge in [-0.1, -0.05) is 30.3 Å². The molecule has 2 aromatic carbocycles. The molecular formula is C17H22N2O. The molecule has 2 N–H and O–H groups in total.